The Morgan fingerprint density at radius 1 is 1.08 bits per heavy atom. The van der Waals surface area contributed by atoms with E-state index in [0.29, 0.717) is 24.4 Å². The Morgan fingerprint density at radius 3 is 2.27 bits per heavy atom. The van der Waals surface area contributed by atoms with Crippen molar-refractivity contribution in [3.05, 3.63) is 29.3 Å². The lowest BCUT2D eigenvalue weighted by molar-refractivity contribution is 0.0139. The second-order valence-corrected chi connectivity index (χ2v) is 7.27. The molecule has 1 aromatic carbocycles. The normalized spacial score (nSPS) is 15.5. The number of methoxy groups -OCH3 is 2. The fraction of sp³-hybridized carbons (Fsp3) is 0.579. The highest BCUT2D eigenvalue weighted by molar-refractivity contribution is 5.92. The molecule has 1 amide bonds. The Morgan fingerprint density at radius 2 is 1.73 bits per heavy atom. The van der Waals surface area contributed by atoms with Gasteiger partial charge in [0.15, 0.2) is 0 Å². The van der Waals surface area contributed by atoms with Crippen molar-refractivity contribution in [3.8, 4) is 5.75 Å². The summed E-state index contributed by atoms with van der Waals surface area (Å²) in [6.45, 7) is 9.12. The SMILES string of the molecule is COC(=O)c1ccc(CN2CCN(C(=O)OC(C)(C)C)CC2)cc1OC. The molecule has 1 aliphatic rings. The molecule has 0 bridgehead atoms. The van der Waals surface area contributed by atoms with E-state index in [2.05, 4.69) is 4.90 Å². The van der Waals surface area contributed by atoms with E-state index in [1.165, 1.54) is 14.2 Å². The molecular weight excluding hydrogens is 336 g/mol. The van der Waals surface area contributed by atoms with E-state index in [9.17, 15) is 9.59 Å². The molecule has 0 saturated carbocycles. The number of piperazine rings is 1. The van der Waals surface area contributed by atoms with Crippen molar-refractivity contribution in [1.82, 2.24) is 9.80 Å². The quantitative estimate of drug-likeness (QED) is 0.765. The van der Waals surface area contributed by atoms with Crippen molar-refractivity contribution in [2.24, 2.45) is 0 Å². The molecule has 0 unspecified atom stereocenters. The topological polar surface area (TPSA) is 68.3 Å². The first-order chi connectivity index (χ1) is 12.2. The minimum Gasteiger partial charge on any atom is -0.496 e. The van der Waals surface area contributed by atoms with Gasteiger partial charge in [-0.25, -0.2) is 9.59 Å². The van der Waals surface area contributed by atoms with Crippen molar-refractivity contribution in [1.29, 1.82) is 0 Å². The largest absolute Gasteiger partial charge is 0.496 e. The van der Waals surface area contributed by atoms with Crippen LogP contribution < -0.4 is 4.74 Å². The molecule has 0 spiro atoms. The Hall–Kier alpha value is -2.28. The van der Waals surface area contributed by atoms with E-state index in [0.717, 1.165) is 25.2 Å². The van der Waals surface area contributed by atoms with Crippen molar-refractivity contribution >= 4 is 12.1 Å². The van der Waals surface area contributed by atoms with Gasteiger partial charge in [-0.3, -0.25) is 4.90 Å². The second kappa shape index (κ2) is 8.40. The fourth-order valence-corrected chi connectivity index (χ4v) is 2.79. The summed E-state index contributed by atoms with van der Waals surface area (Å²) in [4.78, 5) is 27.8. The third kappa shape index (κ3) is 5.36. The number of carbonyl (C=O) groups is 2. The molecule has 2 rings (SSSR count). The monoisotopic (exact) mass is 364 g/mol. The molecule has 1 aromatic rings. The predicted octanol–water partition coefficient (Wildman–Crippen LogP) is 2.53. The number of nitrogens with zero attached hydrogens (tertiary/aromatic N) is 2. The van der Waals surface area contributed by atoms with E-state index in [-0.39, 0.29) is 6.09 Å². The minimum atomic E-state index is -0.480. The lowest BCUT2D eigenvalue weighted by Crippen LogP contribution is -2.49. The van der Waals surface area contributed by atoms with Crippen molar-refractivity contribution in [2.75, 3.05) is 40.4 Å². The maximum Gasteiger partial charge on any atom is 0.410 e. The summed E-state index contributed by atoms with van der Waals surface area (Å²) in [5, 5.41) is 0. The highest BCUT2D eigenvalue weighted by atomic mass is 16.6. The third-order valence-electron chi connectivity index (χ3n) is 4.10. The van der Waals surface area contributed by atoms with E-state index in [1.54, 1.807) is 11.0 Å². The molecular formula is C19H28N2O5. The Bertz CT molecular complexity index is 646. The van der Waals surface area contributed by atoms with Gasteiger partial charge in [0, 0.05) is 32.7 Å². The van der Waals surface area contributed by atoms with E-state index in [4.69, 9.17) is 14.2 Å². The average molecular weight is 364 g/mol. The van der Waals surface area contributed by atoms with E-state index in [1.807, 2.05) is 32.9 Å². The van der Waals surface area contributed by atoms with Crippen molar-refractivity contribution < 1.29 is 23.8 Å². The van der Waals surface area contributed by atoms with Gasteiger partial charge >= 0.3 is 12.1 Å². The van der Waals surface area contributed by atoms with Crippen LogP contribution in [0.1, 0.15) is 36.7 Å². The second-order valence-electron chi connectivity index (χ2n) is 7.27. The zero-order valence-electron chi connectivity index (χ0n) is 16.2. The van der Waals surface area contributed by atoms with Crippen LogP contribution in [0.2, 0.25) is 0 Å². The fourth-order valence-electron chi connectivity index (χ4n) is 2.79. The van der Waals surface area contributed by atoms with Crippen LogP contribution in [-0.2, 0) is 16.0 Å². The first kappa shape index (κ1) is 20.0. The van der Waals surface area contributed by atoms with Crippen LogP contribution in [0.25, 0.3) is 0 Å². The Kier molecular flexibility index (Phi) is 6.47. The number of hydrogen-bond acceptors (Lipinski definition) is 6. The number of hydrogen-bond donors (Lipinski definition) is 0. The van der Waals surface area contributed by atoms with E-state index >= 15 is 0 Å². The zero-order chi connectivity index (χ0) is 19.3. The highest BCUT2D eigenvalue weighted by Crippen LogP contribution is 2.22. The van der Waals surface area contributed by atoms with Crippen LogP contribution in [0.4, 0.5) is 4.79 Å². The van der Waals surface area contributed by atoms with E-state index < -0.39 is 11.6 Å². The van der Waals surface area contributed by atoms with Gasteiger partial charge in [-0.2, -0.15) is 0 Å². The smallest absolute Gasteiger partial charge is 0.410 e. The minimum absolute atomic E-state index is 0.263. The lowest BCUT2D eigenvalue weighted by atomic mass is 10.1. The number of esters is 1. The van der Waals surface area contributed by atoms with Crippen LogP contribution in [0.15, 0.2) is 18.2 Å². The number of carbonyl (C=O) groups excluding carboxylic acids is 2. The highest BCUT2D eigenvalue weighted by Gasteiger charge is 2.26. The summed E-state index contributed by atoms with van der Waals surface area (Å²) in [7, 11) is 2.88. The number of ether oxygens (including phenoxy) is 3. The van der Waals surface area contributed by atoms with Gasteiger partial charge in [-0.05, 0) is 38.5 Å². The standard InChI is InChI=1S/C19H28N2O5/c1-19(2,3)26-18(23)21-10-8-20(9-11-21)13-14-6-7-15(17(22)25-5)16(12-14)24-4/h6-7,12H,8-11,13H2,1-5H3. The zero-order valence-corrected chi connectivity index (χ0v) is 16.2. The molecule has 0 N–H and O–H groups in total. The summed E-state index contributed by atoms with van der Waals surface area (Å²) >= 11 is 0. The van der Waals surface area contributed by atoms with Gasteiger partial charge in [-0.15, -0.1) is 0 Å². The summed E-state index contributed by atoms with van der Waals surface area (Å²) in [6, 6.07) is 5.47. The van der Waals surface area contributed by atoms with Crippen LogP contribution in [0.5, 0.6) is 5.75 Å². The molecule has 1 aliphatic heterocycles. The Balaban J connectivity index is 1.93. The van der Waals surface area contributed by atoms with Gasteiger partial charge < -0.3 is 19.1 Å². The first-order valence-corrected chi connectivity index (χ1v) is 8.69. The molecule has 0 aliphatic carbocycles. The molecule has 0 aromatic heterocycles. The summed E-state index contributed by atoms with van der Waals surface area (Å²) < 4.78 is 15.5. The summed E-state index contributed by atoms with van der Waals surface area (Å²) in [5.41, 5.74) is 0.973. The molecule has 1 fully saturated rings. The maximum atomic E-state index is 12.1. The van der Waals surface area contributed by atoms with Crippen molar-refractivity contribution in [3.63, 3.8) is 0 Å². The predicted molar refractivity (Wildman–Crippen MR) is 97.4 cm³/mol. The summed E-state index contributed by atoms with van der Waals surface area (Å²) in [5.74, 6) is 0.0844. The molecule has 1 saturated heterocycles. The number of amides is 1. The van der Waals surface area contributed by atoms with Crippen LogP contribution in [0.3, 0.4) is 0 Å². The Labute approximate surface area is 154 Å². The maximum absolute atomic E-state index is 12.1. The third-order valence-corrected chi connectivity index (χ3v) is 4.10. The molecule has 1 heterocycles. The van der Waals surface area contributed by atoms with Gasteiger partial charge in [0.05, 0.1) is 14.2 Å². The first-order valence-electron chi connectivity index (χ1n) is 8.69. The van der Waals surface area contributed by atoms with Gasteiger partial charge in [0.2, 0.25) is 0 Å². The summed E-state index contributed by atoms with van der Waals surface area (Å²) in [6.07, 6.45) is -0.263. The average Bonchev–Trinajstić information content (AvgIpc) is 2.60. The lowest BCUT2D eigenvalue weighted by Gasteiger charge is -2.35. The van der Waals surface area contributed by atoms with Gasteiger partial charge in [-0.1, -0.05) is 6.07 Å². The molecule has 26 heavy (non-hydrogen) atoms. The van der Waals surface area contributed by atoms with Gasteiger partial charge in [0.1, 0.15) is 16.9 Å². The number of benzene rings is 1. The molecule has 7 heteroatoms. The molecule has 0 atom stereocenters. The van der Waals surface area contributed by atoms with Crippen LogP contribution in [0, 0.1) is 0 Å². The van der Waals surface area contributed by atoms with Crippen LogP contribution >= 0.6 is 0 Å². The molecule has 7 nitrogen and oxygen atoms in total. The molecule has 0 radical (unpaired) electrons. The van der Waals surface area contributed by atoms with Crippen LogP contribution in [-0.4, -0.2) is 67.9 Å². The van der Waals surface area contributed by atoms with Gasteiger partial charge in [0.25, 0.3) is 0 Å². The number of rotatable bonds is 4. The molecule has 144 valence electrons. The van der Waals surface area contributed by atoms with Crippen molar-refractivity contribution in [2.45, 2.75) is 32.9 Å².